The van der Waals surface area contributed by atoms with Crippen molar-refractivity contribution in [1.82, 2.24) is 4.98 Å². The van der Waals surface area contributed by atoms with Crippen LogP contribution in [0.3, 0.4) is 0 Å². The highest BCUT2D eigenvalue weighted by Crippen LogP contribution is 2.30. The molecule has 0 aliphatic carbocycles. The fourth-order valence-corrected chi connectivity index (χ4v) is 0.880. The van der Waals surface area contributed by atoms with Crippen LogP contribution in [-0.2, 0) is 0 Å². The van der Waals surface area contributed by atoms with Gasteiger partial charge in [-0.1, -0.05) is 0 Å². The predicted molar refractivity (Wildman–Crippen MR) is 42.7 cm³/mol. The molecule has 0 aliphatic rings. The largest absolute Gasteiger partial charge is 0.395 e. The lowest BCUT2D eigenvalue weighted by molar-refractivity contribution is 0.152. The van der Waals surface area contributed by atoms with Crippen LogP contribution in [0.25, 0.3) is 0 Å². The molecular formula is C7H6F2N4. The van der Waals surface area contributed by atoms with E-state index in [4.69, 9.17) is 16.7 Å². The summed E-state index contributed by atoms with van der Waals surface area (Å²) in [5, 5.41) is 8.46. The summed E-state index contributed by atoms with van der Waals surface area (Å²) in [5.41, 5.74) is 9.32. The second-order valence-electron chi connectivity index (χ2n) is 2.30. The lowest BCUT2D eigenvalue weighted by Gasteiger charge is -2.07. The van der Waals surface area contributed by atoms with Gasteiger partial charge >= 0.3 is 0 Å². The number of pyridine rings is 1. The molecule has 4 N–H and O–H groups in total. The Morgan fingerprint density at radius 1 is 1.46 bits per heavy atom. The number of hydrogen-bond acceptors (Lipinski definition) is 4. The molecule has 4 nitrogen and oxygen atoms in total. The van der Waals surface area contributed by atoms with E-state index in [1.807, 2.05) is 0 Å². The Morgan fingerprint density at radius 3 is 2.54 bits per heavy atom. The first-order chi connectivity index (χ1) is 6.07. The van der Waals surface area contributed by atoms with Gasteiger partial charge in [-0.25, -0.2) is 13.8 Å². The van der Waals surface area contributed by atoms with Crippen LogP contribution in [0.2, 0.25) is 0 Å². The van der Waals surface area contributed by atoms with Crippen molar-refractivity contribution in [2.24, 2.45) is 0 Å². The van der Waals surface area contributed by atoms with E-state index < -0.39 is 12.0 Å². The number of nitrogens with two attached hydrogens (primary N) is 2. The molecular weight excluding hydrogens is 178 g/mol. The van der Waals surface area contributed by atoms with Crippen molar-refractivity contribution in [3.8, 4) is 6.07 Å². The van der Waals surface area contributed by atoms with E-state index in [-0.39, 0.29) is 17.1 Å². The van der Waals surface area contributed by atoms with E-state index in [9.17, 15) is 8.78 Å². The first-order valence-electron chi connectivity index (χ1n) is 3.30. The van der Waals surface area contributed by atoms with E-state index in [1.54, 1.807) is 6.07 Å². The topological polar surface area (TPSA) is 88.7 Å². The number of rotatable bonds is 1. The zero-order chi connectivity index (χ0) is 10.0. The number of aromatic nitrogens is 1. The van der Waals surface area contributed by atoms with Gasteiger partial charge in [-0.3, -0.25) is 0 Å². The first-order valence-corrected chi connectivity index (χ1v) is 3.30. The lowest BCUT2D eigenvalue weighted by atomic mass is 10.1. The molecule has 0 aromatic carbocycles. The monoisotopic (exact) mass is 184 g/mol. The molecule has 0 unspecified atom stereocenters. The molecule has 0 atom stereocenters. The van der Waals surface area contributed by atoms with Crippen LogP contribution in [0.15, 0.2) is 6.20 Å². The molecule has 68 valence electrons. The van der Waals surface area contributed by atoms with Gasteiger partial charge < -0.3 is 11.5 Å². The number of nitrogens with zero attached hydrogens (tertiary/aromatic N) is 2. The van der Waals surface area contributed by atoms with Crippen LogP contribution in [0.1, 0.15) is 17.6 Å². The maximum absolute atomic E-state index is 12.3. The third-order valence-corrected chi connectivity index (χ3v) is 1.53. The molecule has 0 aliphatic heterocycles. The lowest BCUT2D eigenvalue weighted by Crippen LogP contribution is -2.05. The van der Waals surface area contributed by atoms with Crippen molar-refractivity contribution in [2.75, 3.05) is 11.5 Å². The van der Waals surface area contributed by atoms with Crippen LogP contribution in [0, 0.1) is 11.3 Å². The second kappa shape index (κ2) is 3.23. The fourth-order valence-electron chi connectivity index (χ4n) is 0.880. The molecule has 13 heavy (non-hydrogen) atoms. The molecule has 1 rings (SSSR count). The second-order valence-corrected chi connectivity index (χ2v) is 2.30. The third kappa shape index (κ3) is 1.49. The van der Waals surface area contributed by atoms with E-state index in [0.717, 1.165) is 6.20 Å². The minimum absolute atomic E-state index is 0.186. The average Bonchev–Trinajstić information content (AvgIpc) is 2.08. The zero-order valence-electron chi connectivity index (χ0n) is 6.46. The molecule has 0 spiro atoms. The van der Waals surface area contributed by atoms with Crippen molar-refractivity contribution in [3.05, 3.63) is 17.3 Å². The molecule has 0 fully saturated rings. The number of hydrogen-bond donors (Lipinski definition) is 2. The van der Waals surface area contributed by atoms with E-state index in [0.29, 0.717) is 0 Å². The van der Waals surface area contributed by atoms with Crippen molar-refractivity contribution in [1.29, 1.82) is 5.26 Å². The Bertz CT molecular complexity index is 369. The number of alkyl halides is 2. The van der Waals surface area contributed by atoms with Crippen LogP contribution in [-0.4, -0.2) is 4.98 Å². The van der Waals surface area contributed by atoms with Gasteiger partial charge in [-0.05, 0) is 0 Å². The van der Waals surface area contributed by atoms with E-state index >= 15 is 0 Å². The highest BCUT2D eigenvalue weighted by atomic mass is 19.3. The molecule has 0 amide bonds. The molecule has 0 saturated carbocycles. The summed E-state index contributed by atoms with van der Waals surface area (Å²) in [7, 11) is 0. The van der Waals surface area contributed by atoms with Gasteiger partial charge in [0.2, 0.25) is 0 Å². The van der Waals surface area contributed by atoms with Gasteiger partial charge in [-0.15, -0.1) is 0 Å². The van der Waals surface area contributed by atoms with E-state index in [1.165, 1.54) is 0 Å². The Hall–Kier alpha value is -1.90. The summed E-state index contributed by atoms with van der Waals surface area (Å²) in [6.45, 7) is 0. The van der Waals surface area contributed by atoms with Gasteiger partial charge in [0.15, 0.2) is 0 Å². The number of halogens is 2. The van der Waals surface area contributed by atoms with Crippen LogP contribution in [0.5, 0.6) is 0 Å². The fraction of sp³-hybridized carbons (Fsp3) is 0.143. The van der Waals surface area contributed by atoms with Gasteiger partial charge in [0.1, 0.15) is 11.9 Å². The molecule has 6 heteroatoms. The normalized spacial score (nSPS) is 10.0. The smallest absolute Gasteiger partial charge is 0.267 e. The van der Waals surface area contributed by atoms with Gasteiger partial charge in [-0.2, -0.15) is 5.26 Å². The number of nitriles is 1. The maximum Gasteiger partial charge on any atom is 0.267 e. The summed E-state index contributed by atoms with van der Waals surface area (Å²) in [4.78, 5) is 3.49. The molecule has 1 aromatic rings. The van der Waals surface area contributed by atoms with E-state index in [2.05, 4.69) is 4.98 Å². The standard InChI is InChI=1S/C7H6F2N4/c8-6(9)4-3(1-10)2-13-7(12)5(4)11/h2,6H,11H2,(H2,12,13). The predicted octanol–water partition coefficient (Wildman–Crippen LogP) is 1.06. The molecule has 0 saturated heterocycles. The van der Waals surface area contributed by atoms with Crippen LogP contribution in [0.4, 0.5) is 20.3 Å². The summed E-state index contributed by atoms with van der Waals surface area (Å²) in [6.07, 6.45) is -1.84. The highest BCUT2D eigenvalue weighted by Gasteiger charge is 2.18. The van der Waals surface area contributed by atoms with Gasteiger partial charge in [0, 0.05) is 6.20 Å². The Kier molecular flexibility index (Phi) is 2.28. The summed E-state index contributed by atoms with van der Waals surface area (Å²) < 4.78 is 24.7. The zero-order valence-corrected chi connectivity index (χ0v) is 6.46. The maximum atomic E-state index is 12.3. The highest BCUT2D eigenvalue weighted by molar-refractivity contribution is 5.67. The van der Waals surface area contributed by atoms with Crippen LogP contribution < -0.4 is 11.5 Å². The van der Waals surface area contributed by atoms with Crippen LogP contribution >= 0.6 is 0 Å². The Labute approximate surface area is 72.8 Å². The van der Waals surface area contributed by atoms with Crippen molar-refractivity contribution in [3.63, 3.8) is 0 Å². The minimum Gasteiger partial charge on any atom is -0.395 e. The molecule has 0 radical (unpaired) electrons. The molecule has 0 bridgehead atoms. The Balaban J connectivity index is 3.43. The SMILES string of the molecule is N#Cc1cnc(N)c(N)c1C(F)F. The van der Waals surface area contributed by atoms with Crippen molar-refractivity contribution in [2.45, 2.75) is 6.43 Å². The number of anilines is 2. The van der Waals surface area contributed by atoms with Crippen molar-refractivity contribution < 1.29 is 8.78 Å². The molecule has 1 heterocycles. The van der Waals surface area contributed by atoms with Crippen molar-refractivity contribution >= 4 is 11.5 Å². The third-order valence-electron chi connectivity index (χ3n) is 1.53. The summed E-state index contributed by atoms with van der Waals surface area (Å²) in [5.74, 6) is -0.186. The number of nitrogen functional groups attached to an aromatic ring is 2. The summed E-state index contributed by atoms with van der Waals surface area (Å²) >= 11 is 0. The molecule has 1 aromatic heterocycles. The quantitative estimate of drug-likeness (QED) is 0.682. The van der Waals surface area contributed by atoms with Gasteiger partial charge in [0.25, 0.3) is 6.43 Å². The average molecular weight is 184 g/mol. The summed E-state index contributed by atoms with van der Waals surface area (Å²) in [6, 6.07) is 1.57. The Morgan fingerprint density at radius 2 is 2.08 bits per heavy atom. The first kappa shape index (κ1) is 9.19. The van der Waals surface area contributed by atoms with Gasteiger partial charge in [0.05, 0.1) is 16.8 Å². The minimum atomic E-state index is -2.82.